The van der Waals surface area contributed by atoms with E-state index >= 15 is 0 Å². The standard InChI is InChI=1S/C50H73N9O14/c1-28(2)22-36(53-41(63)27-73-21-20-72-19-17-51)44(64)57-43(30(5)61)47(67)56-42(29(3)4)46(66)55-38(26-60)48(68)59-18-9-12-39(59)49(69)58(6)40(24-32-25-52-35-11-8-7-10-34(32)35)45(65)54-37(50(70)71)23-31-13-15-33(62)16-14-31/h7-8,10-11,13-16,25,28-30,36-40,42-43,52,60-62H,9,12,17-24,26-27,51H2,1-6H3,(H,53,63)(H,54,65)(H,55,66)(H,56,67)(H,57,64)(H,70,71)/t30?,36-,37?,38?,39?,40?,42-,43?/m0/s1. The fourth-order valence-corrected chi connectivity index (χ4v) is 8.42. The van der Waals surface area contributed by atoms with Crippen molar-refractivity contribution >= 4 is 58.2 Å². The molecule has 1 saturated heterocycles. The van der Waals surface area contributed by atoms with Crippen LogP contribution in [0.25, 0.3) is 10.9 Å². The fraction of sp³-hybridized carbons (Fsp3) is 0.560. The summed E-state index contributed by atoms with van der Waals surface area (Å²) in [6, 6.07) is 3.52. The van der Waals surface area contributed by atoms with Gasteiger partial charge in [0.25, 0.3) is 0 Å². The van der Waals surface area contributed by atoms with Crippen LogP contribution in [0.1, 0.15) is 65.0 Å². The van der Waals surface area contributed by atoms with E-state index in [2.05, 4.69) is 31.6 Å². The molecular formula is C50H73N9O14. The van der Waals surface area contributed by atoms with Crippen LogP contribution in [0.15, 0.2) is 54.7 Å². The second-order valence-corrected chi connectivity index (χ2v) is 18.9. The average molecular weight is 1020 g/mol. The van der Waals surface area contributed by atoms with E-state index in [1.807, 2.05) is 32.0 Å². The van der Waals surface area contributed by atoms with E-state index < -0.39 is 108 Å². The Morgan fingerprint density at radius 2 is 1.44 bits per heavy atom. The van der Waals surface area contributed by atoms with Gasteiger partial charge >= 0.3 is 5.97 Å². The monoisotopic (exact) mass is 1020 g/mol. The first-order valence-electron chi connectivity index (χ1n) is 24.4. The first kappa shape index (κ1) is 58.9. The van der Waals surface area contributed by atoms with Crippen LogP contribution in [-0.4, -0.2) is 184 Å². The van der Waals surface area contributed by atoms with Gasteiger partial charge in [0.1, 0.15) is 54.6 Å². The summed E-state index contributed by atoms with van der Waals surface area (Å²) in [4.78, 5) is 115. The number of likely N-dealkylation sites (tertiary alicyclic amines) is 1. The van der Waals surface area contributed by atoms with Crippen molar-refractivity contribution in [3.8, 4) is 5.75 Å². The molecule has 402 valence electrons. The zero-order valence-electron chi connectivity index (χ0n) is 42.3. The van der Waals surface area contributed by atoms with Gasteiger partial charge in [-0.15, -0.1) is 0 Å². The lowest BCUT2D eigenvalue weighted by Crippen LogP contribution is -2.62. The van der Waals surface area contributed by atoms with E-state index in [1.54, 1.807) is 26.1 Å². The number of carboxylic acids is 1. The van der Waals surface area contributed by atoms with Crippen molar-refractivity contribution in [2.45, 2.75) is 115 Å². The topological polar surface area (TPSA) is 344 Å². The maximum Gasteiger partial charge on any atom is 0.326 e. The quantitative estimate of drug-likeness (QED) is 0.0374. The lowest BCUT2D eigenvalue weighted by molar-refractivity contribution is -0.149. The number of carbonyl (C=O) groups is 8. The molecular weight excluding hydrogens is 951 g/mol. The molecule has 0 radical (unpaired) electrons. The average Bonchev–Trinajstić information content (AvgIpc) is 4.01. The minimum atomic E-state index is -1.61. The Balaban J connectivity index is 1.48. The number of carboxylic acid groups (broad SMARTS) is 1. The Morgan fingerprint density at radius 1 is 0.795 bits per heavy atom. The number of hydrogen-bond donors (Lipinski definition) is 11. The molecule has 8 atom stereocenters. The molecule has 6 unspecified atom stereocenters. The summed E-state index contributed by atoms with van der Waals surface area (Å²) in [5.74, 6) is -7.63. The van der Waals surface area contributed by atoms with E-state index in [4.69, 9.17) is 15.2 Å². The Bertz CT molecular complexity index is 2340. The van der Waals surface area contributed by atoms with Crippen LogP contribution in [0, 0.1) is 11.8 Å². The number of benzene rings is 2. The zero-order valence-corrected chi connectivity index (χ0v) is 42.3. The molecule has 3 aromatic rings. The van der Waals surface area contributed by atoms with Crippen LogP contribution >= 0.6 is 0 Å². The van der Waals surface area contributed by atoms with Crippen LogP contribution in [0.2, 0.25) is 0 Å². The summed E-state index contributed by atoms with van der Waals surface area (Å²) in [6.45, 7) is 7.79. The number of hydrogen-bond acceptors (Lipinski definition) is 14. The summed E-state index contributed by atoms with van der Waals surface area (Å²) in [6.07, 6.45) is 0.664. The van der Waals surface area contributed by atoms with Crippen LogP contribution in [0.3, 0.4) is 0 Å². The van der Waals surface area contributed by atoms with Crippen molar-refractivity contribution in [1.82, 2.24) is 41.4 Å². The number of aromatic amines is 1. The molecule has 2 aromatic carbocycles. The minimum absolute atomic E-state index is 0.0261. The van der Waals surface area contributed by atoms with Crippen LogP contribution in [-0.2, 0) is 60.7 Å². The number of rotatable bonds is 29. The maximum atomic E-state index is 14.5. The number of carbonyl (C=O) groups excluding carboxylic acids is 7. The zero-order chi connectivity index (χ0) is 53.9. The maximum absolute atomic E-state index is 14.5. The molecule has 1 aromatic heterocycles. The first-order chi connectivity index (χ1) is 34.7. The Morgan fingerprint density at radius 3 is 2.07 bits per heavy atom. The molecule has 0 saturated carbocycles. The van der Waals surface area contributed by atoms with Gasteiger partial charge in [-0.2, -0.15) is 0 Å². The minimum Gasteiger partial charge on any atom is -0.508 e. The van der Waals surface area contributed by atoms with E-state index in [0.717, 1.165) is 15.8 Å². The Hall–Kier alpha value is -6.66. The molecule has 23 heteroatoms. The molecule has 12 N–H and O–H groups in total. The third kappa shape index (κ3) is 17.2. The predicted octanol–water partition coefficient (Wildman–Crippen LogP) is -0.948. The SMILES string of the molecule is CC(C)C[C@H](NC(=O)COCCOCCN)C(=O)NC(C(=O)N[C@H](C(=O)NC(CO)C(=O)N1CCCC1C(=O)N(C)C(Cc1c[nH]c2ccccc12)C(=O)NC(Cc1ccc(O)cc1)C(=O)O)C(C)C)C(C)O. The van der Waals surface area contributed by atoms with Gasteiger partial charge in [0.15, 0.2) is 0 Å². The highest BCUT2D eigenvalue weighted by molar-refractivity contribution is 5.98. The van der Waals surface area contributed by atoms with Crippen LogP contribution in [0.5, 0.6) is 5.75 Å². The van der Waals surface area contributed by atoms with Crippen molar-refractivity contribution in [2.24, 2.45) is 17.6 Å². The number of H-pyrrole nitrogens is 1. The Labute approximate surface area is 424 Å². The number of aliphatic hydroxyl groups is 2. The normalized spacial score (nSPS) is 16.4. The summed E-state index contributed by atoms with van der Waals surface area (Å²) >= 11 is 0. The number of para-hydroxylation sites is 1. The highest BCUT2D eigenvalue weighted by Gasteiger charge is 2.43. The number of phenolic OH excluding ortho intramolecular Hbond substituents is 1. The molecule has 0 spiro atoms. The van der Waals surface area contributed by atoms with E-state index in [1.165, 1.54) is 43.1 Å². The fourth-order valence-electron chi connectivity index (χ4n) is 8.42. The second-order valence-electron chi connectivity index (χ2n) is 18.9. The number of aliphatic carboxylic acids is 1. The van der Waals surface area contributed by atoms with Crippen molar-refractivity contribution < 1.29 is 68.3 Å². The molecule has 0 bridgehead atoms. The van der Waals surface area contributed by atoms with Gasteiger partial charge < -0.3 is 77.0 Å². The molecule has 7 amide bonds. The van der Waals surface area contributed by atoms with Gasteiger partial charge in [-0.25, -0.2) is 4.79 Å². The number of amides is 7. The van der Waals surface area contributed by atoms with E-state index in [0.29, 0.717) is 30.7 Å². The van der Waals surface area contributed by atoms with Gasteiger partial charge in [0.2, 0.25) is 41.4 Å². The summed E-state index contributed by atoms with van der Waals surface area (Å²) in [5.41, 5.74) is 7.32. The number of nitrogens with one attached hydrogen (secondary N) is 6. The number of ether oxygens (including phenoxy) is 2. The van der Waals surface area contributed by atoms with Gasteiger partial charge in [-0.1, -0.05) is 58.0 Å². The van der Waals surface area contributed by atoms with Gasteiger partial charge in [-0.3, -0.25) is 33.6 Å². The molecule has 73 heavy (non-hydrogen) atoms. The summed E-state index contributed by atoms with van der Waals surface area (Å²) in [7, 11) is 1.38. The number of fused-ring (bicyclic) bond motifs is 1. The van der Waals surface area contributed by atoms with E-state index in [9.17, 15) is 58.8 Å². The summed E-state index contributed by atoms with van der Waals surface area (Å²) < 4.78 is 10.5. The lowest BCUT2D eigenvalue weighted by atomic mass is 10.00. The number of aromatic nitrogens is 1. The third-order valence-corrected chi connectivity index (χ3v) is 12.4. The molecule has 0 aliphatic carbocycles. The lowest BCUT2D eigenvalue weighted by Gasteiger charge is -2.34. The van der Waals surface area contributed by atoms with Gasteiger partial charge in [-0.05, 0) is 67.3 Å². The van der Waals surface area contributed by atoms with Crippen LogP contribution < -0.4 is 32.3 Å². The van der Waals surface area contributed by atoms with E-state index in [-0.39, 0.29) is 63.7 Å². The molecule has 1 fully saturated rings. The molecule has 1 aliphatic rings. The number of aromatic hydroxyl groups is 1. The van der Waals surface area contributed by atoms with Crippen molar-refractivity contribution in [3.63, 3.8) is 0 Å². The van der Waals surface area contributed by atoms with Gasteiger partial charge in [0.05, 0.1) is 32.5 Å². The Kier molecular flexibility index (Phi) is 23.0. The van der Waals surface area contributed by atoms with Crippen molar-refractivity contribution in [3.05, 3.63) is 65.9 Å². The van der Waals surface area contributed by atoms with Crippen LogP contribution in [0.4, 0.5) is 0 Å². The van der Waals surface area contributed by atoms with Crippen molar-refractivity contribution in [2.75, 3.05) is 53.2 Å². The largest absolute Gasteiger partial charge is 0.508 e. The molecule has 1 aliphatic heterocycles. The summed E-state index contributed by atoms with van der Waals surface area (Å²) in [5, 5.41) is 54.5. The molecule has 4 rings (SSSR count). The molecule has 2 heterocycles. The van der Waals surface area contributed by atoms with Gasteiger partial charge in [0, 0.05) is 50.1 Å². The highest BCUT2D eigenvalue weighted by atomic mass is 16.5. The number of nitrogens with zero attached hydrogens (tertiary/aromatic N) is 2. The predicted molar refractivity (Wildman–Crippen MR) is 266 cm³/mol. The number of nitrogens with two attached hydrogens (primary N) is 1. The molecule has 23 nitrogen and oxygen atoms in total. The smallest absolute Gasteiger partial charge is 0.326 e. The highest BCUT2D eigenvalue weighted by Crippen LogP contribution is 2.25. The third-order valence-electron chi connectivity index (χ3n) is 12.4. The number of likely N-dealkylation sites (N-methyl/N-ethyl adjacent to an activating group) is 1. The number of phenols is 1. The first-order valence-corrected chi connectivity index (χ1v) is 24.4. The van der Waals surface area contributed by atoms with Crippen molar-refractivity contribution in [1.29, 1.82) is 0 Å². The number of aliphatic hydroxyl groups excluding tert-OH is 2. The second kappa shape index (κ2) is 28.5.